The first kappa shape index (κ1) is 26.0. The fraction of sp³-hybridized carbons (Fsp3) is 1.00. The predicted octanol–water partition coefficient (Wildman–Crippen LogP) is 9.38. The number of rotatable bonds is 15. The molecule has 0 N–H and O–H groups in total. The molecule has 0 bridgehead atoms. The fourth-order valence-corrected chi connectivity index (χ4v) is 5.64. The van der Waals surface area contributed by atoms with Crippen molar-refractivity contribution in [3.63, 3.8) is 0 Å². The van der Waals surface area contributed by atoms with E-state index in [4.69, 9.17) is 0 Å². The highest BCUT2D eigenvalue weighted by molar-refractivity contribution is 4.80. The van der Waals surface area contributed by atoms with Crippen LogP contribution in [0.15, 0.2) is 0 Å². The summed E-state index contributed by atoms with van der Waals surface area (Å²) in [6, 6.07) is 0. The monoisotopic (exact) mass is 366 g/mol. The summed E-state index contributed by atoms with van der Waals surface area (Å²) < 4.78 is 0. The van der Waals surface area contributed by atoms with Crippen LogP contribution in [0.3, 0.4) is 0 Å². The Hall–Kier alpha value is 0. The van der Waals surface area contributed by atoms with Crippen LogP contribution in [0.2, 0.25) is 0 Å². The Bertz CT molecular complexity index is 325. The summed E-state index contributed by atoms with van der Waals surface area (Å²) in [5.74, 6) is 5.26. The molecule has 0 heterocycles. The van der Waals surface area contributed by atoms with E-state index in [1.54, 1.807) is 0 Å². The molecule has 0 aromatic heterocycles. The van der Waals surface area contributed by atoms with Gasteiger partial charge < -0.3 is 0 Å². The van der Waals surface area contributed by atoms with Crippen LogP contribution < -0.4 is 0 Å². The Morgan fingerprint density at radius 1 is 0.692 bits per heavy atom. The Morgan fingerprint density at radius 3 is 1.69 bits per heavy atom. The summed E-state index contributed by atoms with van der Waals surface area (Å²) in [5, 5.41) is 0. The van der Waals surface area contributed by atoms with Gasteiger partial charge in [0.15, 0.2) is 0 Å². The molecule has 158 valence electrons. The van der Waals surface area contributed by atoms with Gasteiger partial charge in [-0.2, -0.15) is 0 Å². The average Bonchev–Trinajstić information content (AvgIpc) is 2.53. The van der Waals surface area contributed by atoms with Crippen molar-refractivity contribution in [2.24, 2.45) is 40.9 Å². The summed E-state index contributed by atoms with van der Waals surface area (Å²) in [7, 11) is 0. The quantitative estimate of drug-likeness (QED) is 0.271. The van der Waals surface area contributed by atoms with Gasteiger partial charge in [-0.05, 0) is 60.2 Å². The molecule has 0 aliphatic heterocycles. The lowest BCUT2D eigenvalue weighted by molar-refractivity contribution is 0.142. The lowest BCUT2D eigenvalue weighted by atomic mass is 9.69. The van der Waals surface area contributed by atoms with E-state index < -0.39 is 0 Å². The highest BCUT2D eigenvalue weighted by Crippen LogP contribution is 2.40. The van der Waals surface area contributed by atoms with Gasteiger partial charge in [0.1, 0.15) is 0 Å². The van der Waals surface area contributed by atoms with E-state index in [0.29, 0.717) is 5.41 Å². The van der Waals surface area contributed by atoms with Gasteiger partial charge in [-0.1, -0.05) is 108 Å². The molecule has 0 aromatic carbocycles. The van der Waals surface area contributed by atoms with E-state index in [2.05, 4.69) is 69.2 Å². The second-order valence-corrected chi connectivity index (χ2v) is 10.7. The normalized spacial score (nSPS) is 17.5. The summed E-state index contributed by atoms with van der Waals surface area (Å²) in [4.78, 5) is 0. The largest absolute Gasteiger partial charge is 0.0654 e. The van der Waals surface area contributed by atoms with E-state index >= 15 is 0 Å². The maximum Gasteiger partial charge on any atom is -0.0326 e. The van der Waals surface area contributed by atoms with Crippen molar-refractivity contribution in [3.8, 4) is 0 Å². The van der Waals surface area contributed by atoms with E-state index in [-0.39, 0.29) is 0 Å². The molecule has 0 heteroatoms. The van der Waals surface area contributed by atoms with E-state index in [0.717, 1.165) is 35.5 Å². The minimum absolute atomic E-state index is 0.518. The zero-order valence-electron chi connectivity index (χ0n) is 20.3. The summed E-state index contributed by atoms with van der Waals surface area (Å²) in [5.41, 5.74) is 0.518. The molecule has 26 heavy (non-hydrogen) atoms. The number of hydrogen-bond donors (Lipinski definition) is 0. The lowest BCUT2D eigenvalue weighted by Crippen LogP contribution is -2.26. The van der Waals surface area contributed by atoms with Crippen LogP contribution in [-0.4, -0.2) is 0 Å². The summed E-state index contributed by atoms with van der Waals surface area (Å²) in [6.07, 6.45) is 12.5. The second-order valence-electron chi connectivity index (χ2n) is 10.7. The molecule has 4 atom stereocenters. The maximum atomic E-state index is 2.52. The standard InChI is InChI=1S/C26H54/c1-11-15-23(26(9,10)18-12-2)19-22(8)16-14-17-25(21(6)7)24(13-3)20(4)5/h20-25H,11-19H2,1-10H3. The first-order valence-corrected chi connectivity index (χ1v) is 12.1. The van der Waals surface area contributed by atoms with Crippen LogP contribution in [0.1, 0.15) is 127 Å². The first-order chi connectivity index (χ1) is 12.1. The zero-order valence-corrected chi connectivity index (χ0v) is 20.3. The van der Waals surface area contributed by atoms with Crippen LogP contribution >= 0.6 is 0 Å². The Morgan fingerprint density at radius 2 is 1.27 bits per heavy atom. The Kier molecular flexibility index (Phi) is 13.2. The molecule has 0 aromatic rings. The van der Waals surface area contributed by atoms with Gasteiger partial charge in [0.05, 0.1) is 0 Å². The minimum atomic E-state index is 0.518. The summed E-state index contributed by atoms with van der Waals surface area (Å²) in [6.45, 7) is 24.4. The third-order valence-electron chi connectivity index (χ3n) is 7.29. The molecule has 0 saturated heterocycles. The van der Waals surface area contributed by atoms with E-state index in [1.165, 1.54) is 57.8 Å². The van der Waals surface area contributed by atoms with Crippen molar-refractivity contribution in [1.82, 2.24) is 0 Å². The van der Waals surface area contributed by atoms with Gasteiger partial charge in [-0.3, -0.25) is 0 Å². The van der Waals surface area contributed by atoms with Gasteiger partial charge in [-0.25, -0.2) is 0 Å². The van der Waals surface area contributed by atoms with Gasteiger partial charge in [-0.15, -0.1) is 0 Å². The average molecular weight is 367 g/mol. The Balaban J connectivity index is 4.63. The Labute approximate surface area is 168 Å². The predicted molar refractivity (Wildman–Crippen MR) is 122 cm³/mol. The van der Waals surface area contributed by atoms with Crippen molar-refractivity contribution in [3.05, 3.63) is 0 Å². The zero-order chi connectivity index (χ0) is 20.3. The molecule has 0 aliphatic rings. The minimum Gasteiger partial charge on any atom is -0.0654 e. The van der Waals surface area contributed by atoms with Crippen LogP contribution in [0.5, 0.6) is 0 Å². The van der Waals surface area contributed by atoms with E-state index in [1.807, 2.05) is 0 Å². The fourth-order valence-electron chi connectivity index (χ4n) is 5.64. The molecule has 0 aliphatic carbocycles. The lowest BCUT2D eigenvalue weighted by Gasteiger charge is -2.36. The first-order valence-electron chi connectivity index (χ1n) is 12.1. The van der Waals surface area contributed by atoms with Gasteiger partial charge in [0, 0.05) is 0 Å². The molecule has 0 spiro atoms. The SMILES string of the molecule is CCCC(CC(C)CCCC(C(C)C)C(CC)C(C)C)C(C)(C)CCC. The third kappa shape index (κ3) is 9.27. The van der Waals surface area contributed by atoms with Crippen molar-refractivity contribution >= 4 is 0 Å². The molecule has 0 rings (SSSR count). The molecule has 0 nitrogen and oxygen atoms in total. The van der Waals surface area contributed by atoms with Crippen molar-refractivity contribution in [1.29, 1.82) is 0 Å². The van der Waals surface area contributed by atoms with Crippen molar-refractivity contribution in [2.75, 3.05) is 0 Å². The van der Waals surface area contributed by atoms with E-state index in [9.17, 15) is 0 Å². The van der Waals surface area contributed by atoms with Crippen molar-refractivity contribution < 1.29 is 0 Å². The highest BCUT2D eigenvalue weighted by Gasteiger charge is 2.29. The molecular formula is C26H54. The molecular weight excluding hydrogens is 312 g/mol. The van der Waals surface area contributed by atoms with Crippen LogP contribution in [-0.2, 0) is 0 Å². The summed E-state index contributed by atoms with van der Waals surface area (Å²) >= 11 is 0. The van der Waals surface area contributed by atoms with Gasteiger partial charge >= 0.3 is 0 Å². The van der Waals surface area contributed by atoms with Gasteiger partial charge in [0.2, 0.25) is 0 Å². The molecule has 0 fully saturated rings. The van der Waals surface area contributed by atoms with Crippen molar-refractivity contribution in [2.45, 2.75) is 127 Å². The third-order valence-corrected chi connectivity index (χ3v) is 7.29. The van der Waals surface area contributed by atoms with Crippen LogP contribution in [0, 0.1) is 40.9 Å². The second kappa shape index (κ2) is 13.2. The van der Waals surface area contributed by atoms with Gasteiger partial charge in [0.25, 0.3) is 0 Å². The highest BCUT2D eigenvalue weighted by atomic mass is 14.3. The molecule has 4 unspecified atom stereocenters. The molecule has 0 radical (unpaired) electrons. The molecule has 0 saturated carbocycles. The number of hydrogen-bond acceptors (Lipinski definition) is 0. The molecule has 0 amide bonds. The maximum absolute atomic E-state index is 2.52. The smallest absolute Gasteiger partial charge is 0.0326 e. The van der Waals surface area contributed by atoms with Crippen LogP contribution in [0.4, 0.5) is 0 Å². The topological polar surface area (TPSA) is 0 Å². The van der Waals surface area contributed by atoms with Crippen LogP contribution in [0.25, 0.3) is 0 Å².